The summed E-state index contributed by atoms with van der Waals surface area (Å²) in [4.78, 5) is 8.91. The number of nitrogens with zero attached hydrogens (tertiary/aromatic N) is 3. The molecule has 0 radical (unpaired) electrons. The van der Waals surface area contributed by atoms with Crippen LogP contribution < -0.4 is 15.4 Å². The van der Waals surface area contributed by atoms with Gasteiger partial charge in [-0.05, 0) is 40.7 Å². The Morgan fingerprint density at radius 2 is 2.03 bits per heavy atom. The van der Waals surface area contributed by atoms with Crippen LogP contribution in [-0.2, 0) is 11.3 Å². The van der Waals surface area contributed by atoms with Gasteiger partial charge in [-0.1, -0.05) is 22.9 Å². The van der Waals surface area contributed by atoms with E-state index in [4.69, 9.17) is 14.0 Å². The maximum Gasteiger partial charge on any atom is 0.248 e. The van der Waals surface area contributed by atoms with E-state index < -0.39 is 0 Å². The number of guanidine groups is 1. The average Bonchev–Trinajstić information content (AvgIpc) is 3.15. The quantitative estimate of drug-likeness (QED) is 0.296. The lowest BCUT2D eigenvalue weighted by molar-refractivity contribution is 0.0683. The molecule has 0 bridgehead atoms. The molecule has 8 nitrogen and oxygen atoms in total. The number of rotatable bonds is 9. The topological polar surface area (TPSA) is 93.8 Å². The van der Waals surface area contributed by atoms with Gasteiger partial charge in [0.1, 0.15) is 18.4 Å². The highest BCUT2D eigenvalue weighted by atomic mass is 127. The van der Waals surface area contributed by atoms with E-state index in [9.17, 15) is 0 Å². The molecule has 0 saturated carbocycles. The van der Waals surface area contributed by atoms with E-state index in [2.05, 4.69) is 45.7 Å². The Kier molecular flexibility index (Phi) is 11.0. The van der Waals surface area contributed by atoms with Gasteiger partial charge in [-0.3, -0.25) is 0 Å². The molecule has 0 amide bonds. The van der Waals surface area contributed by atoms with Crippen LogP contribution in [-0.4, -0.2) is 36.4 Å². The maximum absolute atomic E-state index is 5.49. The van der Waals surface area contributed by atoms with Gasteiger partial charge in [0.2, 0.25) is 5.89 Å². The summed E-state index contributed by atoms with van der Waals surface area (Å²) in [6.45, 7) is 11.6. The minimum absolute atomic E-state index is 0. The summed E-state index contributed by atoms with van der Waals surface area (Å²) < 4.78 is 16.3. The van der Waals surface area contributed by atoms with Crippen LogP contribution in [0.1, 0.15) is 62.7 Å². The number of ether oxygens (including phenoxy) is 2. The number of nitrogens with one attached hydrogen (secondary N) is 2. The Labute approximate surface area is 189 Å². The van der Waals surface area contributed by atoms with Gasteiger partial charge in [0.05, 0.1) is 13.2 Å². The number of benzene rings is 1. The van der Waals surface area contributed by atoms with Crippen molar-refractivity contribution in [2.24, 2.45) is 4.99 Å². The summed E-state index contributed by atoms with van der Waals surface area (Å²) >= 11 is 0. The van der Waals surface area contributed by atoms with Gasteiger partial charge in [-0.25, -0.2) is 4.99 Å². The van der Waals surface area contributed by atoms with Gasteiger partial charge in [0.25, 0.3) is 0 Å². The predicted molar refractivity (Wildman–Crippen MR) is 124 cm³/mol. The first-order valence-electron chi connectivity index (χ1n) is 9.61. The van der Waals surface area contributed by atoms with Crippen molar-refractivity contribution in [1.82, 2.24) is 20.8 Å². The Hall–Kier alpha value is -1.88. The number of hydrogen-bond donors (Lipinski definition) is 2. The molecule has 2 rings (SSSR count). The molecule has 1 heterocycles. The van der Waals surface area contributed by atoms with E-state index in [0.717, 1.165) is 17.9 Å². The SMILES string of the molecule is CCNC(=NCc1nc(C(C)OCC)no1)NC(C)c1cc(C)ccc1OC.I. The summed E-state index contributed by atoms with van der Waals surface area (Å²) in [5.41, 5.74) is 2.24. The van der Waals surface area contributed by atoms with E-state index >= 15 is 0 Å². The molecule has 2 unspecified atom stereocenters. The molecule has 1 aromatic carbocycles. The first-order chi connectivity index (χ1) is 13.5. The predicted octanol–water partition coefficient (Wildman–Crippen LogP) is 3.92. The lowest BCUT2D eigenvalue weighted by Gasteiger charge is -2.20. The van der Waals surface area contributed by atoms with Gasteiger partial charge in [-0.2, -0.15) is 4.98 Å². The van der Waals surface area contributed by atoms with Gasteiger partial charge >= 0.3 is 0 Å². The van der Waals surface area contributed by atoms with Crippen molar-refractivity contribution < 1.29 is 14.0 Å². The molecule has 2 atom stereocenters. The standard InChI is InChI=1S/C20H31N5O3.HI/c1-7-21-20(22-12-18-24-19(25-28-18)15(5)27-8-2)23-14(4)16-11-13(3)9-10-17(16)26-6;/h9-11,14-15H,7-8,12H2,1-6H3,(H2,21,22,23);1H. The molecular formula is C20H32IN5O3. The second-order valence-corrected chi connectivity index (χ2v) is 6.45. The molecular weight excluding hydrogens is 485 g/mol. The zero-order valence-electron chi connectivity index (χ0n) is 18.0. The molecule has 162 valence electrons. The van der Waals surface area contributed by atoms with E-state index in [0.29, 0.717) is 24.3 Å². The van der Waals surface area contributed by atoms with Crippen LogP contribution >= 0.6 is 24.0 Å². The van der Waals surface area contributed by atoms with Crippen molar-refractivity contribution in [1.29, 1.82) is 0 Å². The zero-order valence-corrected chi connectivity index (χ0v) is 20.3. The van der Waals surface area contributed by atoms with Crippen molar-refractivity contribution in [3.05, 3.63) is 41.0 Å². The molecule has 0 aliphatic rings. The first kappa shape index (κ1) is 25.2. The average molecular weight is 517 g/mol. The van der Waals surface area contributed by atoms with E-state index in [1.54, 1.807) is 7.11 Å². The van der Waals surface area contributed by atoms with E-state index in [1.807, 2.05) is 32.9 Å². The molecule has 0 saturated heterocycles. The molecule has 1 aromatic heterocycles. The smallest absolute Gasteiger partial charge is 0.248 e. The van der Waals surface area contributed by atoms with Gasteiger partial charge in [-0.15, -0.1) is 24.0 Å². The van der Waals surface area contributed by atoms with Crippen molar-refractivity contribution in [2.45, 2.75) is 53.3 Å². The summed E-state index contributed by atoms with van der Waals surface area (Å²) in [6.07, 6.45) is -0.202. The van der Waals surface area contributed by atoms with Crippen LogP contribution in [0.25, 0.3) is 0 Å². The highest BCUT2D eigenvalue weighted by molar-refractivity contribution is 14.0. The zero-order chi connectivity index (χ0) is 20.5. The van der Waals surface area contributed by atoms with Crippen LogP contribution in [0, 0.1) is 6.92 Å². The number of methoxy groups -OCH3 is 1. The summed E-state index contributed by atoms with van der Waals surface area (Å²) in [6, 6.07) is 6.13. The van der Waals surface area contributed by atoms with Crippen LogP contribution in [0.5, 0.6) is 5.75 Å². The van der Waals surface area contributed by atoms with Crippen LogP contribution in [0.2, 0.25) is 0 Å². The van der Waals surface area contributed by atoms with Crippen LogP contribution in [0.4, 0.5) is 0 Å². The molecule has 9 heteroatoms. The van der Waals surface area contributed by atoms with Crippen LogP contribution in [0.3, 0.4) is 0 Å². The summed E-state index contributed by atoms with van der Waals surface area (Å²) in [5, 5.41) is 10.6. The monoisotopic (exact) mass is 517 g/mol. The Balaban J connectivity index is 0.00000420. The van der Waals surface area contributed by atoms with E-state index in [1.165, 1.54) is 5.56 Å². The van der Waals surface area contributed by atoms with Gasteiger partial charge in [0, 0.05) is 18.7 Å². The molecule has 2 aromatic rings. The number of hydrogen-bond acceptors (Lipinski definition) is 6. The molecule has 0 spiro atoms. The van der Waals surface area contributed by atoms with Crippen molar-refractivity contribution in [2.75, 3.05) is 20.3 Å². The van der Waals surface area contributed by atoms with Crippen LogP contribution in [0.15, 0.2) is 27.7 Å². The van der Waals surface area contributed by atoms with E-state index in [-0.39, 0.29) is 42.7 Å². The second kappa shape index (κ2) is 12.6. The number of aryl methyl sites for hydroxylation is 1. The third-order valence-electron chi connectivity index (χ3n) is 4.19. The fourth-order valence-corrected chi connectivity index (χ4v) is 2.76. The fourth-order valence-electron chi connectivity index (χ4n) is 2.76. The Bertz CT molecular complexity index is 781. The fraction of sp³-hybridized carbons (Fsp3) is 0.550. The minimum Gasteiger partial charge on any atom is -0.496 e. The molecule has 0 fully saturated rings. The largest absolute Gasteiger partial charge is 0.496 e. The highest BCUT2D eigenvalue weighted by Gasteiger charge is 2.15. The summed E-state index contributed by atoms with van der Waals surface area (Å²) in [5.74, 6) is 2.48. The summed E-state index contributed by atoms with van der Waals surface area (Å²) in [7, 11) is 1.68. The van der Waals surface area contributed by atoms with Gasteiger partial charge < -0.3 is 24.6 Å². The molecule has 0 aliphatic carbocycles. The molecule has 2 N–H and O–H groups in total. The third kappa shape index (κ3) is 7.46. The Morgan fingerprint density at radius 3 is 2.69 bits per heavy atom. The molecule has 29 heavy (non-hydrogen) atoms. The van der Waals surface area contributed by atoms with Gasteiger partial charge in [0.15, 0.2) is 11.8 Å². The number of halogens is 1. The first-order valence-corrected chi connectivity index (χ1v) is 9.61. The second-order valence-electron chi connectivity index (χ2n) is 6.45. The lowest BCUT2D eigenvalue weighted by atomic mass is 10.0. The normalized spacial score (nSPS) is 13.4. The number of aromatic nitrogens is 2. The highest BCUT2D eigenvalue weighted by Crippen LogP contribution is 2.26. The Morgan fingerprint density at radius 1 is 1.28 bits per heavy atom. The van der Waals surface area contributed by atoms with Crippen molar-refractivity contribution in [3.8, 4) is 5.75 Å². The number of aliphatic imine (C=N–C) groups is 1. The van der Waals surface area contributed by atoms with Crippen molar-refractivity contribution >= 4 is 29.9 Å². The lowest BCUT2D eigenvalue weighted by Crippen LogP contribution is -2.38. The maximum atomic E-state index is 5.49. The molecule has 0 aliphatic heterocycles. The minimum atomic E-state index is -0.202. The third-order valence-corrected chi connectivity index (χ3v) is 4.19. The van der Waals surface area contributed by atoms with Crippen molar-refractivity contribution in [3.63, 3.8) is 0 Å².